The van der Waals surface area contributed by atoms with E-state index in [9.17, 15) is 9.18 Å². The highest BCUT2D eigenvalue weighted by molar-refractivity contribution is 7.71. The fraction of sp³-hybridized carbons (Fsp3) is 0.304. The van der Waals surface area contributed by atoms with Crippen molar-refractivity contribution in [3.05, 3.63) is 76.6 Å². The minimum Gasteiger partial charge on any atom is -0.497 e. The van der Waals surface area contributed by atoms with Gasteiger partial charge in [-0.15, -0.1) is 0 Å². The minimum absolute atomic E-state index is 0.0186. The Balaban J connectivity index is 1.55. The zero-order valence-corrected chi connectivity index (χ0v) is 18.5. The van der Waals surface area contributed by atoms with Gasteiger partial charge in [-0.2, -0.15) is 0 Å². The highest BCUT2D eigenvalue weighted by Crippen LogP contribution is 2.24. The molecule has 7 nitrogen and oxygen atoms in total. The molecule has 9 heteroatoms. The third kappa shape index (κ3) is 4.90. The van der Waals surface area contributed by atoms with E-state index in [0.717, 1.165) is 24.4 Å². The number of aromatic amines is 1. The molecule has 1 aliphatic heterocycles. The molecule has 2 heterocycles. The quantitative estimate of drug-likeness (QED) is 0.533. The molecule has 2 N–H and O–H groups in total. The summed E-state index contributed by atoms with van der Waals surface area (Å²) in [6, 6.07) is 13.7. The van der Waals surface area contributed by atoms with Crippen molar-refractivity contribution in [1.82, 2.24) is 19.8 Å². The smallest absolute Gasteiger partial charge is 0.269 e. The van der Waals surface area contributed by atoms with Gasteiger partial charge >= 0.3 is 0 Å². The summed E-state index contributed by atoms with van der Waals surface area (Å²) in [6.07, 6.45) is 1.57. The van der Waals surface area contributed by atoms with E-state index < -0.39 is 0 Å². The number of carbonyl (C=O) groups excluding carboxylic acids is 1. The maximum absolute atomic E-state index is 13.3. The largest absolute Gasteiger partial charge is 0.497 e. The van der Waals surface area contributed by atoms with Gasteiger partial charge in [0, 0.05) is 31.5 Å². The Hall–Kier alpha value is -3.01. The molecule has 2 aromatic carbocycles. The number of nitrogens with zero attached hydrogens (tertiary/aromatic N) is 2. The van der Waals surface area contributed by atoms with Crippen LogP contribution in [0.15, 0.2) is 54.7 Å². The molecule has 1 atom stereocenters. The average Bonchev–Trinajstić information content (AvgIpc) is 3.22. The average molecular weight is 457 g/mol. The maximum atomic E-state index is 13.3. The van der Waals surface area contributed by atoms with Gasteiger partial charge in [0.15, 0.2) is 4.77 Å². The Kier molecular flexibility index (Phi) is 6.99. The number of nitrogens with one attached hydrogen (secondary N) is 2. The van der Waals surface area contributed by atoms with E-state index in [1.165, 1.54) is 12.1 Å². The summed E-state index contributed by atoms with van der Waals surface area (Å²) < 4.78 is 26.1. The number of amides is 1. The lowest BCUT2D eigenvalue weighted by atomic mass is 10.0. The lowest BCUT2D eigenvalue weighted by Gasteiger charge is -2.35. The fourth-order valence-electron chi connectivity index (χ4n) is 3.84. The number of ether oxygens (including phenoxy) is 2. The second-order valence-corrected chi connectivity index (χ2v) is 7.82. The standard InChI is InChI=1S/C23H25FN4O3S/c1-30-19-8-2-16(3-9-19)20(27-10-12-31-13-11-27)14-25-22(29)21-15-26-23(32)28(21)18-6-4-17(24)5-7-18/h2-9,15,20H,10-14H2,1H3,(H,25,29)(H,26,32). The number of methoxy groups -OCH3 is 1. The summed E-state index contributed by atoms with van der Waals surface area (Å²) in [5.41, 5.74) is 2.05. The number of benzene rings is 2. The Bertz CT molecular complexity index is 1110. The number of morpholine rings is 1. The SMILES string of the molecule is COc1ccc(C(CNC(=O)c2c[nH]c(=S)n2-c2ccc(F)cc2)N2CCOCC2)cc1. The zero-order chi connectivity index (χ0) is 22.5. The molecule has 32 heavy (non-hydrogen) atoms. The van der Waals surface area contributed by atoms with Crippen LogP contribution < -0.4 is 10.1 Å². The number of halogens is 1. The van der Waals surface area contributed by atoms with E-state index in [0.29, 0.717) is 35.9 Å². The summed E-state index contributed by atoms with van der Waals surface area (Å²) in [5.74, 6) is 0.159. The van der Waals surface area contributed by atoms with Gasteiger partial charge in [-0.25, -0.2) is 4.39 Å². The molecule has 1 unspecified atom stereocenters. The molecule has 0 radical (unpaired) electrons. The van der Waals surface area contributed by atoms with E-state index in [1.807, 2.05) is 24.3 Å². The Morgan fingerprint density at radius 2 is 1.88 bits per heavy atom. The number of hydrogen-bond acceptors (Lipinski definition) is 5. The maximum Gasteiger partial charge on any atom is 0.269 e. The normalized spacial score (nSPS) is 15.3. The fourth-order valence-corrected chi connectivity index (χ4v) is 4.10. The van der Waals surface area contributed by atoms with Gasteiger partial charge in [-0.05, 0) is 54.2 Å². The van der Waals surface area contributed by atoms with E-state index >= 15 is 0 Å². The second-order valence-electron chi connectivity index (χ2n) is 7.44. The minimum atomic E-state index is -0.352. The molecule has 4 rings (SSSR count). The lowest BCUT2D eigenvalue weighted by molar-refractivity contribution is 0.0162. The van der Waals surface area contributed by atoms with Crippen LogP contribution in [0.3, 0.4) is 0 Å². The predicted molar refractivity (Wildman–Crippen MR) is 121 cm³/mol. The van der Waals surface area contributed by atoms with Crippen molar-refractivity contribution >= 4 is 18.1 Å². The first-order valence-corrected chi connectivity index (χ1v) is 10.8. The summed E-state index contributed by atoms with van der Waals surface area (Å²) in [6.45, 7) is 3.28. The van der Waals surface area contributed by atoms with E-state index in [2.05, 4.69) is 15.2 Å². The van der Waals surface area contributed by atoms with E-state index in [-0.39, 0.29) is 17.8 Å². The van der Waals surface area contributed by atoms with Crippen LogP contribution in [0, 0.1) is 10.6 Å². The van der Waals surface area contributed by atoms with Gasteiger partial charge in [-0.1, -0.05) is 12.1 Å². The number of hydrogen-bond donors (Lipinski definition) is 2. The molecule has 1 aliphatic rings. The first-order chi connectivity index (χ1) is 15.6. The molecule has 1 saturated heterocycles. The highest BCUT2D eigenvalue weighted by atomic mass is 32.1. The van der Waals surface area contributed by atoms with Crippen LogP contribution >= 0.6 is 12.2 Å². The monoisotopic (exact) mass is 456 g/mol. The van der Waals surface area contributed by atoms with Crippen molar-refractivity contribution in [2.45, 2.75) is 6.04 Å². The molecular formula is C23H25FN4O3S. The van der Waals surface area contributed by atoms with Crippen molar-refractivity contribution in [1.29, 1.82) is 0 Å². The van der Waals surface area contributed by atoms with Crippen LogP contribution in [0.25, 0.3) is 5.69 Å². The number of rotatable bonds is 7. The summed E-state index contributed by atoms with van der Waals surface area (Å²) in [5, 5.41) is 3.04. The van der Waals surface area contributed by atoms with Gasteiger partial charge in [0.1, 0.15) is 17.3 Å². The first kappa shape index (κ1) is 22.2. The number of imidazole rings is 1. The Morgan fingerprint density at radius 3 is 2.53 bits per heavy atom. The lowest BCUT2D eigenvalue weighted by Crippen LogP contribution is -2.44. The predicted octanol–water partition coefficient (Wildman–Crippen LogP) is 3.49. The molecule has 1 fully saturated rings. The number of aromatic nitrogens is 2. The van der Waals surface area contributed by atoms with Crippen LogP contribution in [0.5, 0.6) is 5.75 Å². The van der Waals surface area contributed by atoms with Gasteiger partial charge < -0.3 is 19.8 Å². The van der Waals surface area contributed by atoms with Gasteiger partial charge in [-0.3, -0.25) is 14.3 Å². The molecule has 0 saturated carbocycles. The van der Waals surface area contributed by atoms with Crippen LogP contribution in [0.2, 0.25) is 0 Å². The molecule has 0 bridgehead atoms. The van der Waals surface area contributed by atoms with Gasteiger partial charge in [0.25, 0.3) is 5.91 Å². The molecule has 0 aliphatic carbocycles. The molecular weight excluding hydrogens is 431 g/mol. The van der Waals surface area contributed by atoms with Crippen molar-refractivity contribution < 1.29 is 18.7 Å². The van der Waals surface area contributed by atoms with Gasteiger partial charge in [0.2, 0.25) is 0 Å². The van der Waals surface area contributed by atoms with E-state index in [4.69, 9.17) is 21.7 Å². The van der Waals surface area contributed by atoms with Crippen LogP contribution in [-0.2, 0) is 4.74 Å². The second kappa shape index (κ2) is 10.1. The third-order valence-electron chi connectivity index (χ3n) is 5.54. The van der Waals surface area contributed by atoms with E-state index in [1.54, 1.807) is 30.0 Å². The number of carbonyl (C=O) groups is 1. The van der Waals surface area contributed by atoms with Crippen LogP contribution in [-0.4, -0.2) is 60.3 Å². The molecule has 0 spiro atoms. The third-order valence-corrected chi connectivity index (χ3v) is 5.84. The summed E-state index contributed by atoms with van der Waals surface area (Å²) >= 11 is 5.35. The topological polar surface area (TPSA) is 71.5 Å². The molecule has 3 aromatic rings. The summed E-state index contributed by atoms with van der Waals surface area (Å²) in [4.78, 5) is 18.3. The molecule has 168 valence electrons. The highest BCUT2D eigenvalue weighted by Gasteiger charge is 2.24. The van der Waals surface area contributed by atoms with Gasteiger partial charge in [0.05, 0.1) is 26.4 Å². The van der Waals surface area contributed by atoms with Crippen LogP contribution in [0.1, 0.15) is 22.1 Å². The van der Waals surface area contributed by atoms with Crippen molar-refractivity contribution in [3.63, 3.8) is 0 Å². The van der Waals surface area contributed by atoms with Crippen molar-refractivity contribution in [2.75, 3.05) is 40.0 Å². The Labute approximate surface area is 190 Å². The van der Waals surface area contributed by atoms with Crippen LogP contribution in [0.4, 0.5) is 4.39 Å². The number of H-pyrrole nitrogens is 1. The van der Waals surface area contributed by atoms with Crippen molar-refractivity contribution in [2.24, 2.45) is 0 Å². The zero-order valence-electron chi connectivity index (χ0n) is 17.7. The first-order valence-electron chi connectivity index (χ1n) is 10.4. The molecule has 1 aromatic heterocycles. The van der Waals surface area contributed by atoms with Crippen molar-refractivity contribution in [3.8, 4) is 11.4 Å². The molecule has 1 amide bonds. The Morgan fingerprint density at radius 1 is 1.19 bits per heavy atom. The summed E-state index contributed by atoms with van der Waals surface area (Å²) in [7, 11) is 1.63.